The van der Waals surface area contributed by atoms with E-state index >= 15 is 0 Å². The van der Waals surface area contributed by atoms with Crippen molar-refractivity contribution in [1.82, 2.24) is 10.2 Å². The van der Waals surface area contributed by atoms with Crippen molar-refractivity contribution in [3.8, 4) is 16.9 Å². The monoisotopic (exact) mass is 486 g/mol. The van der Waals surface area contributed by atoms with E-state index in [1.165, 1.54) is 19.2 Å². The summed E-state index contributed by atoms with van der Waals surface area (Å²) in [7, 11) is 1.50. The van der Waals surface area contributed by atoms with E-state index in [1.807, 2.05) is 31.2 Å². The number of rotatable bonds is 11. The fourth-order valence-electron chi connectivity index (χ4n) is 3.96. The van der Waals surface area contributed by atoms with Crippen LogP contribution in [-0.4, -0.2) is 55.4 Å². The smallest absolute Gasteiger partial charge is 0.252 e. The average Bonchev–Trinajstić information content (AvgIpc) is 3.38. The molecule has 0 aromatic heterocycles. The number of methoxy groups -OCH3 is 1. The second-order valence-corrected chi connectivity index (χ2v) is 8.99. The summed E-state index contributed by atoms with van der Waals surface area (Å²) >= 11 is 0. The molecular weight excluding hydrogens is 451 g/mol. The predicted octanol–water partition coefficient (Wildman–Crippen LogP) is 4.29. The van der Waals surface area contributed by atoms with Crippen LogP contribution in [0.4, 0.5) is 4.39 Å². The number of nitrogens with zero attached hydrogens (tertiary/aromatic N) is 1. The SMILES string of the molecule is CCOc1cc(F)ccc1-c1ccc(CNC(=O)C[C@@H](OC(C)(C)OC)C(=O)N2CCCC2)cc1. The average molecular weight is 487 g/mol. The first-order valence-corrected chi connectivity index (χ1v) is 12.0. The molecule has 1 heterocycles. The second-order valence-electron chi connectivity index (χ2n) is 8.99. The fraction of sp³-hybridized carbons (Fsp3) is 0.481. The summed E-state index contributed by atoms with van der Waals surface area (Å²) in [6, 6.07) is 12.1. The molecule has 0 radical (unpaired) electrons. The van der Waals surface area contributed by atoms with Gasteiger partial charge in [-0.15, -0.1) is 0 Å². The van der Waals surface area contributed by atoms with Gasteiger partial charge in [-0.25, -0.2) is 4.39 Å². The molecule has 1 fully saturated rings. The Kier molecular flexibility index (Phi) is 9.23. The van der Waals surface area contributed by atoms with Gasteiger partial charge < -0.3 is 24.4 Å². The highest BCUT2D eigenvalue weighted by atomic mass is 19.1. The summed E-state index contributed by atoms with van der Waals surface area (Å²) in [6.07, 6.45) is 0.908. The van der Waals surface area contributed by atoms with Crippen molar-refractivity contribution in [1.29, 1.82) is 0 Å². The zero-order valence-corrected chi connectivity index (χ0v) is 20.9. The van der Waals surface area contributed by atoms with Gasteiger partial charge in [0.05, 0.1) is 13.0 Å². The summed E-state index contributed by atoms with van der Waals surface area (Å²) in [5.74, 6) is -1.32. The predicted molar refractivity (Wildman–Crippen MR) is 131 cm³/mol. The van der Waals surface area contributed by atoms with Crippen LogP contribution < -0.4 is 10.1 Å². The lowest BCUT2D eigenvalue weighted by Gasteiger charge is -2.31. The number of likely N-dealkylation sites (tertiary alicyclic amines) is 1. The van der Waals surface area contributed by atoms with Crippen LogP contribution in [0, 0.1) is 5.82 Å². The molecule has 2 aromatic carbocycles. The molecular formula is C27H35FN2O5. The van der Waals surface area contributed by atoms with Gasteiger partial charge in [0.25, 0.3) is 5.91 Å². The Hall–Kier alpha value is -2.97. The zero-order chi connectivity index (χ0) is 25.4. The first-order valence-electron chi connectivity index (χ1n) is 12.0. The number of halogens is 1. The maximum Gasteiger partial charge on any atom is 0.252 e. The Bertz CT molecular complexity index is 1000. The molecule has 0 spiro atoms. The van der Waals surface area contributed by atoms with E-state index in [9.17, 15) is 14.0 Å². The van der Waals surface area contributed by atoms with Crippen LogP contribution in [0.3, 0.4) is 0 Å². The van der Waals surface area contributed by atoms with Crippen molar-refractivity contribution in [3.05, 3.63) is 53.8 Å². The normalized spacial score (nSPS) is 14.6. The Labute approximate surface area is 206 Å². The van der Waals surface area contributed by atoms with Crippen molar-refractivity contribution >= 4 is 11.8 Å². The molecule has 0 bridgehead atoms. The minimum atomic E-state index is -0.989. The lowest BCUT2D eigenvalue weighted by atomic mass is 10.0. The van der Waals surface area contributed by atoms with Crippen molar-refractivity contribution < 1.29 is 28.2 Å². The number of hydrogen-bond donors (Lipinski definition) is 1. The molecule has 1 aliphatic rings. The van der Waals surface area contributed by atoms with Crippen LogP contribution in [0.15, 0.2) is 42.5 Å². The fourth-order valence-corrected chi connectivity index (χ4v) is 3.96. The molecule has 35 heavy (non-hydrogen) atoms. The van der Waals surface area contributed by atoms with Crippen molar-refractivity contribution in [2.45, 2.75) is 58.5 Å². The summed E-state index contributed by atoms with van der Waals surface area (Å²) in [6.45, 7) is 7.39. The number of amides is 2. The first kappa shape index (κ1) is 26.6. The van der Waals surface area contributed by atoms with E-state index in [-0.39, 0.29) is 24.1 Å². The molecule has 0 saturated carbocycles. The van der Waals surface area contributed by atoms with Crippen LogP contribution in [0.5, 0.6) is 5.75 Å². The molecule has 2 amide bonds. The van der Waals surface area contributed by atoms with E-state index in [0.717, 1.165) is 29.5 Å². The van der Waals surface area contributed by atoms with Gasteiger partial charge in [-0.2, -0.15) is 0 Å². The first-order chi connectivity index (χ1) is 16.7. The molecule has 3 rings (SSSR count). The van der Waals surface area contributed by atoms with E-state index < -0.39 is 11.9 Å². The minimum Gasteiger partial charge on any atom is -0.493 e. The van der Waals surface area contributed by atoms with Gasteiger partial charge in [0.1, 0.15) is 17.7 Å². The molecule has 1 N–H and O–H groups in total. The Morgan fingerprint density at radius 3 is 2.43 bits per heavy atom. The van der Waals surface area contributed by atoms with Crippen molar-refractivity contribution in [3.63, 3.8) is 0 Å². The quantitative estimate of drug-likeness (QED) is 0.480. The number of carbonyl (C=O) groups excluding carboxylic acids is 2. The largest absolute Gasteiger partial charge is 0.493 e. The molecule has 1 atom stereocenters. The third-order valence-corrected chi connectivity index (χ3v) is 5.98. The van der Waals surface area contributed by atoms with Crippen LogP contribution in [0.25, 0.3) is 11.1 Å². The minimum absolute atomic E-state index is 0.0898. The van der Waals surface area contributed by atoms with E-state index in [1.54, 1.807) is 24.8 Å². The molecule has 0 unspecified atom stereocenters. The van der Waals surface area contributed by atoms with Crippen molar-refractivity contribution in [2.24, 2.45) is 0 Å². The number of carbonyl (C=O) groups is 2. The second kappa shape index (κ2) is 12.1. The van der Waals surface area contributed by atoms with Crippen molar-refractivity contribution in [2.75, 3.05) is 26.8 Å². The third-order valence-electron chi connectivity index (χ3n) is 5.98. The van der Waals surface area contributed by atoms with Crippen LogP contribution in [0.2, 0.25) is 0 Å². The lowest BCUT2D eigenvalue weighted by Crippen LogP contribution is -2.45. The van der Waals surface area contributed by atoms with E-state index in [4.69, 9.17) is 14.2 Å². The topological polar surface area (TPSA) is 77.1 Å². The standard InChI is InChI=1S/C27H35FN2O5/c1-5-34-23-16-21(28)12-13-22(23)20-10-8-19(9-11-20)18-29-25(31)17-24(35-27(2,3)33-4)26(32)30-14-6-7-15-30/h8-13,16,24H,5-7,14-15,17-18H2,1-4H3,(H,29,31)/t24-/m1/s1. The van der Waals surface area contributed by atoms with Gasteiger partial charge >= 0.3 is 0 Å². The number of hydrogen-bond acceptors (Lipinski definition) is 5. The summed E-state index contributed by atoms with van der Waals surface area (Å²) in [4.78, 5) is 27.4. The molecule has 1 saturated heterocycles. The van der Waals surface area contributed by atoms with Gasteiger partial charge in [-0.3, -0.25) is 9.59 Å². The van der Waals surface area contributed by atoms with E-state index in [0.29, 0.717) is 32.0 Å². The van der Waals surface area contributed by atoms with Crippen LogP contribution >= 0.6 is 0 Å². The Morgan fingerprint density at radius 1 is 1.11 bits per heavy atom. The Balaban J connectivity index is 1.62. The summed E-state index contributed by atoms with van der Waals surface area (Å²) < 4.78 is 30.4. The van der Waals surface area contributed by atoms with Crippen LogP contribution in [-0.2, 0) is 25.6 Å². The summed E-state index contributed by atoms with van der Waals surface area (Å²) in [5.41, 5.74) is 2.57. The molecule has 0 aliphatic carbocycles. The molecule has 2 aromatic rings. The van der Waals surface area contributed by atoms with E-state index in [2.05, 4.69) is 5.32 Å². The zero-order valence-electron chi connectivity index (χ0n) is 20.9. The molecule has 7 nitrogen and oxygen atoms in total. The number of ether oxygens (including phenoxy) is 3. The number of benzene rings is 2. The Morgan fingerprint density at radius 2 is 1.80 bits per heavy atom. The van der Waals surface area contributed by atoms with Gasteiger partial charge in [-0.1, -0.05) is 24.3 Å². The number of nitrogens with one attached hydrogen (secondary N) is 1. The highest BCUT2D eigenvalue weighted by molar-refractivity contribution is 5.87. The highest BCUT2D eigenvalue weighted by Gasteiger charge is 2.34. The maximum atomic E-state index is 13.6. The van der Waals surface area contributed by atoms with Gasteiger partial charge in [0, 0.05) is 38.4 Å². The maximum absolute atomic E-state index is 13.6. The highest BCUT2D eigenvalue weighted by Crippen LogP contribution is 2.31. The molecule has 8 heteroatoms. The van der Waals surface area contributed by atoms with Crippen LogP contribution in [0.1, 0.15) is 45.6 Å². The summed E-state index contributed by atoms with van der Waals surface area (Å²) in [5, 5.41) is 2.87. The lowest BCUT2D eigenvalue weighted by molar-refractivity contribution is -0.226. The van der Waals surface area contributed by atoms with Gasteiger partial charge in [0.2, 0.25) is 5.91 Å². The third kappa shape index (κ3) is 7.50. The van der Waals surface area contributed by atoms with Gasteiger partial charge in [-0.05, 0) is 56.9 Å². The molecule has 1 aliphatic heterocycles. The molecule has 190 valence electrons. The van der Waals surface area contributed by atoms with Gasteiger partial charge in [0.15, 0.2) is 5.79 Å².